The Balaban J connectivity index is 1.43. The van der Waals surface area contributed by atoms with Crippen LogP contribution < -0.4 is 10.9 Å². The van der Waals surface area contributed by atoms with E-state index in [1.165, 1.54) is 88.3 Å². The Morgan fingerprint density at radius 2 is 1.10 bits per heavy atom. The van der Waals surface area contributed by atoms with Crippen LogP contribution in [-0.4, -0.2) is 25.3 Å². The van der Waals surface area contributed by atoms with Crippen LogP contribution in [0.1, 0.15) is 105 Å². The number of nitrogens with zero attached hydrogens (tertiary/aromatic N) is 4. The van der Waals surface area contributed by atoms with Crippen LogP contribution >= 0.6 is 0 Å². The zero-order chi connectivity index (χ0) is 36.6. The molecule has 0 amide bonds. The second-order valence-electron chi connectivity index (χ2n) is 19.9. The normalized spacial score (nSPS) is 14.5. The van der Waals surface area contributed by atoms with Gasteiger partial charge in [-0.05, 0) is 109 Å². The molecule has 0 atom stereocenters. The first-order valence-corrected chi connectivity index (χ1v) is 19.1. The van der Waals surface area contributed by atoms with Crippen LogP contribution in [-0.2, 0) is 21.7 Å². The van der Waals surface area contributed by atoms with Crippen molar-refractivity contribution in [2.45, 2.75) is 105 Å². The van der Waals surface area contributed by atoms with Gasteiger partial charge in [0.05, 0.1) is 22.1 Å². The second kappa shape index (κ2) is 9.61. The Morgan fingerprint density at radius 1 is 0.500 bits per heavy atom. The van der Waals surface area contributed by atoms with Crippen molar-refractivity contribution in [3.05, 3.63) is 101 Å². The molecule has 0 aliphatic carbocycles. The summed E-state index contributed by atoms with van der Waals surface area (Å²) >= 11 is 0. The molecule has 0 radical (unpaired) electrons. The number of fused-ring (bicyclic) bond motifs is 13. The number of imidazole rings is 2. The lowest BCUT2D eigenvalue weighted by Gasteiger charge is -2.34. The Labute approximate surface area is 307 Å². The molecule has 260 valence electrons. The molecule has 5 aromatic carbocycles. The van der Waals surface area contributed by atoms with Gasteiger partial charge in [0, 0.05) is 33.1 Å². The van der Waals surface area contributed by atoms with Crippen LogP contribution in [0.4, 0.5) is 0 Å². The van der Waals surface area contributed by atoms with Crippen LogP contribution in [0, 0.1) is 0 Å². The Hall–Kier alpha value is -4.77. The van der Waals surface area contributed by atoms with Gasteiger partial charge in [0.25, 0.3) is 0 Å². The van der Waals surface area contributed by atoms with E-state index in [0.717, 1.165) is 11.3 Å². The summed E-state index contributed by atoms with van der Waals surface area (Å²) in [5.74, 6) is 0.985. The third kappa shape index (κ3) is 4.08. The molecule has 8 aromatic rings. The molecule has 52 heavy (non-hydrogen) atoms. The molecule has 5 heterocycles. The maximum Gasteiger partial charge on any atom is 0.333 e. The number of rotatable bonds is 0. The number of hydrogen-bond donors (Lipinski definition) is 0. The van der Waals surface area contributed by atoms with Gasteiger partial charge in [0.15, 0.2) is 0 Å². The van der Waals surface area contributed by atoms with Gasteiger partial charge in [-0.25, -0.2) is 4.98 Å². The van der Waals surface area contributed by atoms with Crippen LogP contribution in [0.25, 0.3) is 66.5 Å². The SMILES string of the molecule is CC(C)(C)c1ccc2c(c1)B1c3c(ccc4c3n-2c2nc3ccc(C(C)(C)C)cc3n42)-c2cc(C(C)(C)C)cc3c4cc(C(C)(C)C)ccc4n1c23. The average molecular weight is 681 g/mol. The molecule has 0 unspecified atom stereocenters. The van der Waals surface area contributed by atoms with Crippen LogP contribution in [0.2, 0.25) is 0 Å². The van der Waals surface area contributed by atoms with Gasteiger partial charge in [0.2, 0.25) is 5.78 Å². The van der Waals surface area contributed by atoms with Gasteiger partial charge in [-0.1, -0.05) is 113 Å². The molecule has 3 aromatic heterocycles. The molecule has 4 nitrogen and oxygen atoms in total. The molecule has 0 saturated heterocycles. The van der Waals surface area contributed by atoms with Crippen molar-refractivity contribution < 1.29 is 0 Å². The molecule has 0 spiro atoms. The predicted octanol–water partition coefficient (Wildman–Crippen LogP) is 10.7. The van der Waals surface area contributed by atoms with Crippen molar-refractivity contribution in [3.63, 3.8) is 0 Å². The molecule has 0 saturated carbocycles. The molecule has 5 heteroatoms. The topological polar surface area (TPSA) is 27.2 Å². The standard InChI is InChI=1S/C47H49BN4/c1-44(2,3)26-14-18-36-31(21-26)33-23-29(47(10,11)12)22-32-30-16-20-38-42-40(30)48(52(36)41(32)33)34-24-27(45(4,5)6)15-19-37(34)51(42)43-49-35-17-13-28(46(7,8)9)25-39(35)50(38)43/h13-25H,1-12H3. The maximum atomic E-state index is 5.41. The minimum absolute atomic E-state index is 0.00225. The highest BCUT2D eigenvalue weighted by molar-refractivity contribution is 6.90. The van der Waals surface area contributed by atoms with Gasteiger partial charge in [-0.15, -0.1) is 0 Å². The minimum Gasteiger partial charge on any atom is -0.375 e. The first kappa shape index (κ1) is 31.9. The van der Waals surface area contributed by atoms with Crippen LogP contribution in [0.3, 0.4) is 0 Å². The summed E-state index contributed by atoms with van der Waals surface area (Å²) in [5.41, 5.74) is 19.5. The lowest BCUT2D eigenvalue weighted by molar-refractivity contribution is 0.590. The molecular formula is C47H49BN4. The summed E-state index contributed by atoms with van der Waals surface area (Å²) in [5, 5.41) is 2.71. The van der Waals surface area contributed by atoms with Crippen molar-refractivity contribution in [2.24, 2.45) is 0 Å². The lowest BCUT2D eigenvalue weighted by Crippen LogP contribution is -2.55. The third-order valence-electron chi connectivity index (χ3n) is 12.2. The zero-order valence-electron chi connectivity index (χ0n) is 32.9. The average Bonchev–Trinajstić information content (AvgIpc) is 3.70. The largest absolute Gasteiger partial charge is 0.375 e. The summed E-state index contributed by atoms with van der Waals surface area (Å²) in [6, 6.07) is 31.2. The molecule has 2 aliphatic heterocycles. The number of hydrogen-bond acceptors (Lipinski definition) is 1. The fourth-order valence-electron chi connectivity index (χ4n) is 9.19. The van der Waals surface area contributed by atoms with E-state index in [2.05, 4.69) is 175 Å². The Kier molecular flexibility index (Phi) is 5.90. The number of aromatic nitrogens is 4. The van der Waals surface area contributed by atoms with Crippen molar-refractivity contribution >= 4 is 67.4 Å². The highest BCUT2D eigenvalue weighted by Crippen LogP contribution is 2.46. The quantitative estimate of drug-likeness (QED) is 0.147. The third-order valence-corrected chi connectivity index (χ3v) is 12.2. The summed E-state index contributed by atoms with van der Waals surface area (Å²) in [6.07, 6.45) is 0. The van der Waals surface area contributed by atoms with E-state index in [4.69, 9.17) is 4.98 Å². The van der Waals surface area contributed by atoms with Crippen molar-refractivity contribution in [1.82, 2.24) is 18.4 Å². The van der Waals surface area contributed by atoms with Crippen molar-refractivity contribution in [3.8, 4) is 16.8 Å². The van der Waals surface area contributed by atoms with E-state index in [1.54, 1.807) is 0 Å². The van der Waals surface area contributed by atoms with Gasteiger partial charge in [-0.3, -0.25) is 8.97 Å². The summed E-state index contributed by atoms with van der Waals surface area (Å²) in [4.78, 5) is 5.41. The number of benzene rings is 5. The highest BCUT2D eigenvalue weighted by Gasteiger charge is 2.43. The first-order valence-electron chi connectivity index (χ1n) is 19.1. The van der Waals surface area contributed by atoms with E-state index >= 15 is 0 Å². The van der Waals surface area contributed by atoms with Crippen molar-refractivity contribution in [1.29, 1.82) is 0 Å². The van der Waals surface area contributed by atoms with E-state index < -0.39 is 0 Å². The fraction of sp³-hybridized carbons (Fsp3) is 0.340. The second-order valence-corrected chi connectivity index (χ2v) is 19.9. The smallest absolute Gasteiger partial charge is 0.333 e. The van der Waals surface area contributed by atoms with Gasteiger partial charge >= 0.3 is 6.85 Å². The molecule has 0 fully saturated rings. The van der Waals surface area contributed by atoms with E-state index in [0.29, 0.717) is 0 Å². The lowest BCUT2D eigenvalue weighted by atomic mass is 9.45. The Bertz CT molecular complexity index is 2880. The molecule has 0 bridgehead atoms. The fourth-order valence-corrected chi connectivity index (χ4v) is 9.19. The molecule has 10 rings (SSSR count). The zero-order valence-corrected chi connectivity index (χ0v) is 32.9. The monoisotopic (exact) mass is 680 g/mol. The van der Waals surface area contributed by atoms with Gasteiger partial charge in [-0.2, -0.15) is 0 Å². The summed E-state index contributed by atoms with van der Waals surface area (Å²) in [6.45, 7) is 27.9. The summed E-state index contributed by atoms with van der Waals surface area (Å²) < 4.78 is 7.63. The first-order chi connectivity index (χ1) is 24.3. The van der Waals surface area contributed by atoms with E-state index in [1.807, 2.05) is 0 Å². The van der Waals surface area contributed by atoms with Crippen LogP contribution in [0.5, 0.6) is 0 Å². The van der Waals surface area contributed by atoms with E-state index in [9.17, 15) is 0 Å². The molecule has 2 aliphatic rings. The van der Waals surface area contributed by atoms with E-state index in [-0.39, 0.29) is 28.5 Å². The molecular weight excluding hydrogens is 631 g/mol. The van der Waals surface area contributed by atoms with Gasteiger partial charge in [0.1, 0.15) is 0 Å². The minimum atomic E-state index is -0.00225. The Morgan fingerprint density at radius 3 is 1.79 bits per heavy atom. The van der Waals surface area contributed by atoms with Crippen molar-refractivity contribution in [2.75, 3.05) is 0 Å². The summed E-state index contributed by atoms with van der Waals surface area (Å²) in [7, 11) is 0. The molecule has 0 N–H and O–H groups in total. The highest BCUT2D eigenvalue weighted by atomic mass is 15.2. The maximum absolute atomic E-state index is 5.41. The predicted molar refractivity (Wildman–Crippen MR) is 223 cm³/mol. The van der Waals surface area contributed by atoms with Crippen LogP contribution in [0.15, 0.2) is 78.9 Å². The van der Waals surface area contributed by atoms with Gasteiger partial charge < -0.3 is 4.48 Å².